The molecular weight excluding hydrogens is 717 g/mol. The molecule has 4 aromatic carbocycles. The largest absolute Gasteiger partial charge is 0.493 e. The van der Waals surface area contributed by atoms with E-state index in [0.29, 0.717) is 45.5 Å². The smallest absolute Gasteiger partial charge is 0.161 e. The molecule has 0 saturated carbocycles. The minimum atomic E-state index is 0.454. The third-order valence-electron chi connectivity index (χ3n) is 9.57. The second-order valence-electron chi connectivity index (χ2n) is 12.8. The van der Waals surface area contributed by atoms with Gasteiger partial charge in [0.05, 0.1) is 73.3 Å². The summed E-state index contributed by atoms with van der Waals surface area (Å²) in [5.74, 6) is 2.50. The Labute approximate surface area is 329 Å². The van der Waals surface area contributed by atoms with E-state index < -0.39 is 0 Å². The Morgan fingerprint density at radius 1 is 0.561 bits per heavy atom. The highest BCUT2D eigenvalue weighted by Gasteiger charge is 2.17. The van der Waals surface area contributed by atoms with Crippen molar-refractivity contribution < 1.29 is 18.9 Å². The summed E-state index contributed by atoms with van der Waals surface area (Å²) >= 11 is 0. The number of nitriles is 2. The van der Waals surface area contributed by atoms with Crippen LogP contribution in [0.1, 0.15) is 16.7 Å². The second-order valence-corrected chi connectivity index (χ2v) is 12.8. The summed E-state index contributed by atoms with van der Waals surface area (Å²) in [5.41, 5.74) is 10.5. The number of aromatic nitrogens is 4. The highest BCUT2D eigenvalue weighted by atomic mass is 16.5. The lowest BCUT2D eigenvalue weighted by Gasteiger charge is -2.16. The van der Waals surface area contributed by atoms with Gasteiger partial charge < -0.3 is 39.5 Å². The number of aromatic amines is 2. The van der Waals surface area contributed by atoms with E-state index in [9.17, 15) is 10.5 Å². The molecule has 57 heavy (non-hydrogen) atoms. The van der Waals surface area contributed by atoms with Gasteiger partial charge in [-0.1, -0.05) is 30.3 Å². The minimum Gasteiger partial charge on any atom is -0.493 e. The number of anilines is 4. The highest BCUT2D eigenvalue weighted by Crippen LogP contribution is 2.40. The van der Waals surface area contributed by atoms with Gasteiger partial charge >= 0.3 is 0 Å². The van der Waals surface area contributed by atoms with Crippen LogP contribution in [0.2, 0.25) is 0 Å². The van der Waals surface area contributed by atoms with Crippen LogP contribution in [-0.4, -0.2) is 48.4 Å². The summed E-state index contributed by atoms with van der Waals surface area (Å²) in [7, 11) is 6.39. The first kappa shape index (κ1) is 37.4. The summed E-state index contributed by atoms with van der Waals surface area (Å²) in [6.45, 7) is 2.07. The molecule has 12 nitrogen and oxygen atoms in total. The number of benzene rings is 4. The molecule has 4 aromatic heterocycles. The molecule has 8 aromatic rings. The van der Waals surface area contributed by atoms with E-state index in [1.807, 2.05) is 85.2 Å². The Morgan fingerprint density at radius 2 is 1.09 bits per heavy atom. The number of aryl methyl sites for hydroxylation is 1. The molecule has 4 N–H and O–H groups in total. The molecule has 4 heterocycles. The third kappa shape index (κ3) is 7.43. The van der Waals surface area contributed by atoms with Gasteiger partial charge in [0.15, 0.2) is 23.0 Å². The molecule has 0 bridgehead atoms. The summed E-state index contributed by atoms with van der Waals surface area (Å²) in [6, 6.07) is 29.8. The average molecular weight is 755 g/mol. The molecule has 12 heteroatoms. The van der Waals surface area contributed by atoms with Crippen LogP contribution < -0.4 is 29.6 Å². The van der Waals surface area contributed by atoms with Gasteiger partial charge in [0.25, 0.3) is 0 Å². The van der Waals surface area contributed by atoms with Crippen molar-refractivity contribution in [3.63, 3.8) is 0 Å². The number of nitrogens with zero attached hydrogens (tertiary/aromatic N) is 4. The molecule has 0 atom stereocenters. The predicted molar refractivity (Wildman–Crippen MR) is 223 cm³/mol. The third-order valence-corrected chi connectivity index (χ3v) is 9.57. The summed E-state index contributed by atoms with van der Waals surface area (Å²) in [6.07, 6.45) is 10.4. The molecule has 0 aliphatic carbocycles. The van der Waals surface area contributed by atoms with Gasteiger partial charge in [-0.2, -0.15) is 10.5 Å². The monoisotopic (exact) mass is 754 g/mol. The molecule has 0 saturated heterocycles. The molecular formula is C45H38N8O4. The fraction of sp³-hybridized carbons (Fsp3) is 0.111. The Morgan fingerprint density at radius 3 is 1.63 bits per heavy atom. The van der Waals surface area contributed by atoms with Gasteiger partial charge in [-0.05, 0) is 72.1 Å². The quantitative estimate of drug-likeness (QED) is 0.106. The lowest BCUT2D eigenvalue weighted by atomic mass is 10.0. The number of ether oxygens (including phenoxy) is 4. The van der Waals surface area contributed by atoms with Crippen molar-refractivity contribution in [3.8, 4) is 57.4 Å². The van der Waals surface area contributed by atoms with Gasteiger partial charge in [-0.25, -0.2) is 0 Å². The van der Waals surface area contributed by atoms with Crippen molar-refractivity contribution in [2.45, 2.75) is 6.92 Å². The number of nitrogens with one attached hydrogen (secondary N) is 4. The van der Waals surface area contributed by atoms with Gasteiger partial charge in [-0.3, -0.25) is 9.97 Å². The van der Waals surface area contributed by atoms with Crippen molar-refractivity contribution in [1.29, 1.82) is 10.5 Å². The van der Waals surface area contributed by atoms with Crippen LogP contribution in [0.5, 0.6) is 23.0 Å². The number of rotatable bonds is 10. The van der Waals surface area contributed by atoms with Crippen molar-refractivity contribution in [2.75, 3.05) is 39.1 Å². The number of fused-ring (bicyclic) bond motifs is 2. The topological polar surface area (TPSA) is 166 Å². The number of H-pyrrole nitrogens is 2. The summed E-state index contributed by atoms with van der Waals surface area (Å²) in [4.78, 5) is 15.0. The standard InChI is InChI=1S/C23H20N4O2.C22H18N4O2/c1-14-4-6-19(23-17(14)8-9-26-23)27-22-16(11-24)12-25-13-18(22)15-5-7-20(28-2)21(10-15)29-3;1-27-19-7-6-15(10-20(19)28-2)17-13-24-12-16(11-23)21(17)26-18-5-3-4-14-8-9-25-22(14)18/h4-10,12-13,26H,1-3H3,(H,25,27);3-10,12-13,25H,1-2H3,(H,24,26). The minimum absolute atomic E-state index is 0.454. The van der Waals surface area contributed by atoms with Crippen LogP contribution in [0, 0.1) is 29.6 Å². The van der Waals surface area contributed by atoms with E-state index >= 15 is 0 Å². The van der Waals surface area contributed by atoms with Crippen LogP contribution in [0.25, 0.3) is 44.1 Å². The zero-order valence-corrected chi connectivity index (χ0v) is 31.9. The number of para-hydroxylation sites is 1. The Balaban J connectivity index is 0.000000174. The van der Waals surface area contributed by atoms with E-state index in [1.165, 1.54) is 5.56 Å². The van der Waals surface area contributed by atoms with Crippen molar-refractivity contribution in [3.05, 3.63) is 133 Å². The van der Waals surface area contributed by atoms with Crippen LogP contribution in [0.3, 0.4) is 0 Å². The first-order chi connectivity index (χ1) is 27.9. The maximum absolute atomic E-state index is 9.69. The van der Waals surface area contributed by atoms with E-state index in [0.717, 1.165) is 55.4 Å². The van der Waals surface area contributed by atoms with Gasteiger partial charge in [0, 0.05) is 59.1 Å². The van der Waals surface area contributed by atoms with E-state index in [2.05, 4.69) is 55.7 Å². The van der Waals surface area contributed by atoms with Gasteiger partial charge in [0.2, 0.25) is 0 Å². The zero-order valence-electron chi connectivity index (χ0n) is 31.9. The van der Waals surface area contributed by atoms with E-state index in [1.54, 1.807) is 53.2 Å². The lowest BCUT2D eigenvalue weighted by molar-refractivity contribution is 0.355. The predicted octanol–water partition coefficient (Wildman–Crippen LogP) is 10.0. The SMILES string of the molecule is COc1ccc(-c2cncc(C#N)c2Nc2ccc(C)c3cc[nH]c23)cc1OC.COc1ccc(-c2cncc(C#N)c2Nc2cccc3cc[nH]c23)cc1OC. The molecule has 0 aliphatic rings. The molecule has 0 radical (unpaired) electrons. The average Bonchev–Trinajstić information content (AvgIpc) is 3.97. The number of methoxy groups -OCH3 is 4. The normalized spacial score (nSPS) is 10.5. The first-order valence-electron chi connectivity index (χ1n) is 17.8. The Kier molecular flexibility index (Phi) is 10.9. The fourth-order valence-corrected chi connectivity index (χ4v) is 6.67. The molecule has 0 aliphatic heterocycles. The molecule has 0 fully saturated rings. The number of hydrogen-bond acceptors (Lipinski definition) is 10. The maximum Gasteiger partial charge on any atom is 0.161 e. The molecule has 282 valence electrons. The second kappa shape index (κ2) is 16.6. The van der Waals surface area contributed by atoms with E-state index in [4.69, 9.17) is 18.9 Å². The van der Waals surface area contributed by atoms with Crippen LogP contribution in [0.4, 0.5) is 22.7 Å². The van der Waals surface area contributed by atoms with Crippen molar-refractivity contribution in [1.82, 2.24) is 19.9 Å². The van der Waals surface area contributed by atoms with Crippen molar-refractivity contribution in [2.24, 2.45) is 0 Å². The molecule has 0 unspecified atom stereocenters. The summed E-state index contributed by atoms with van der Waals surface area (Å²) < 4.78 is 21.5. The zero-order chi connectivity index (χ0) is 39.9. The number of hydrogen-bond donors (Lipinski definition) is 4. The first-order valence-corrected chi connectivity index (χ1v) is 17.8. The molecule has 8 rings (SSSR count). The van der Waals surface area contributed by atoms with Crippen LogP contribution >= 0.6 is 0 Å². The molecule has 0 amide bonds. The number of pyridine rings is 2. The van der Waals surface area contributed by atoms with E-state index in [-0.39, 0.29) is 0 Å². The molecule has 0 spiro atoms. The van der Waals surface area contributed by atoms with Crippen LogP contribution in [0.15, 0.2) is 116 Å². The highest BCUT2D eigenvalue weighted by molar-refractivity contribution is 5.98. The Bertz CT molecular complexity index is 2810. The van der Waals surface area contributed by atoms with Crippen molar-refractivity contribution >= 4 is 44.6 Å². The lowest BCUT2D eigenvalue weighted by Crippen LogP contribution is -1.99. The van der Waals surface area contributed by atoms with Gasteiger partial charge in [-0.15, -0.1) is 0 Å². The van der Waals surface area contributed by atoms with Gasteiger partial charge in [0.1, 0.15) is 12.1 Å². The maximum atomic E-state index is 9.69. The Hall–Kier alpha value is -7.96. The summed E-state index contributed by atoms with van der Waals surface area (Å²) in [5, 5.41) is 28.4. The fourth-order valence-electron chi connectivity index (χ4n) is 6.67. The van der Waals surface area contributed by atoms with Crippen LogP contribution in [-0.2, 0) is 0 Å².